The Morgan fingerprint density at radius 2 is 1.78 bits per heavy atom. The van der Waals surface area contributed by atoms with Crippen LogP contribution in [-0.2, 0) is 18.9 Å². The average molecular weight is 719 g/mol. The minimum Gasteiger partial charge on any atom is -0.497 e. The summed E-state index contributed by atoms with van der Waals surface area (Å²) in [6.07, 6.45) is -7.81. The van der Waals surface area contributed by atoms with Crippen molar-refractivity contribution in [2.24, 2.45) is 0 Å². The van der Waals surface area contributed by atoms with Gasteiger partial charge in [0.2, 0.25) is 0 Å². The number of amides is 1. The fourth-order valence-electron chi connectivity index (χ4n) is 5.88. The van der Waals surface area contributed by atoms with E-state index in [9.17, 15) is 35.9 Å². The number of rotatable bonds is 9. The highest BCUT2D eigenvalue weighted by Gasteiger charge is 2.40. The summed E-state index contributed by atoms with van der Waals surface area (Å²) in [5.74, 6) is 0.859. The van der Waals surface area contributed by atoms with Gasteiger partial charge in [-0.3, -0.25) is 9.59 Å². The van der Waals surface area contributed by atoms with Crippen LogP contribution >= 0.6 is 0 Å². The first kappa shape index (κ1) is 35.3. The van der Waals surface area contributed by atoms with Crippen LogP contribution in [0.2, 0.25) is 0 Å². The van der Waals surface area contributed by atoms with Gasteiger partial charge < -0.3 is 29.3 Å². The first-order valence-corrected chi connectivity index (χ1v) is 15.8. The molecule has 0 saturated carbocycles. The Kier molecular flexibility index (Phi) is 9.73. The van der Waals surface area contributed by atoms with Crippen molar-refractivity contribution >= 4 is 17.4 Å². The molecule has 4 aromatic rings. The summed E-state index contributed by atoms with van der Waals surface area (Å²) < 4.78 is 98.9. The Balaban J connectivity index is 1.08. The van der Waals surface area contributed by atoms with E-state index in [4.69, 9.17) is 14.2 Å². The molecule has 0 radical (unpaired) electrons. The standard InChI is InChI=1S/C34H32F6N6O5/c1-20(43-27-15-42-46(32(48)29(27)34(38,39)40)16-21-6-8-25(49-2)9-7-21)18-50-26-5-3-4-22(12-26)31(47)44-10-11-45-24(17-44)19-51-28-13-23(33(35,36)37)14-41-30(28)45/h3-9,12-15,20,24,43H,10-11,16-19H2,1-2H3/t20-,24-/m0/s1. The second kappa shape index (κ2) is 14.0. The van der Waals surface area contributed by atoms with Crippen molar-refractivity contribution in [2.45, 2.75) is 37.9 Å². The van der Waals surface area contributed by atoms with E-state index in [1.165, 1.54) is 13.2 Å². The molecule has 1 amide bonds. The van der Waals surface area contributed by atoms with Crippen LogP contribution in [0.15, 0.2) is 71.8 Å². The van der Waals surface area contributed by atoms with Crippen LogP contribution in [-0.4, -0.2) is 77.6 Å². The Hall–Kier alpha value is -5.48. The summed E-state index contributed by atoms with van der Waals surface area (Å²) in [6.45, 7) is 2.18. The lowest BCUT2D eigenvalue weighted by Crippen LogP contribution is -2.58. The molecular formula is C34H32F6N6O5. The highest BCUT2D eigenvalue weighted by Crippen LogP contribution is 2.38. The molecule has 1 saturated heterocycles. The van der Waals surface area contributed by atoms with Gasteiger partial charge in [-0.15, -0.1) is 0 Å². The van der Waals surface area contributed by atoms with Gasteiger partial charge in [0.05, 0.1) is 43.2 Å². The number of carbonyl (C=O) groups excluding carboxylic acids is 1. The Bertz CT molecular complexity index is 1950. The number of fused-ring (bicyclic) bond motifs is 3. The summed E-state index contributed by atoms with van der Waals surface area (Å²) in [7, 11) is 1.48. The number of nitrogens with one attached hydrogen (secondary N) is 1. The molecule has 2 aromatic carbocycles. The largest absolute Gasteiger partial charge is 0.497 e. The summed E-state index contributed by atoms with van der Waals surface area (Å²) >= 11 is 0. The number of nitrogens with zero attached hydrogens (tertiary/aromatic N) is 5. The molecule has 51 heavy (non-hydrogen) atoms. The summed E-state index contributed by atoms with van der Waals surface area (Å²) in [4.78, 5) is 33.8. The first-order chi connectivity index (χ1) is 24.2. The number of benzene rings is 2. The van der Waals surface area contributed by atoms with Crippen LogP contribution in [0.1, 0.15) is 34.0 Å². The smallest absolute Gasteiger partial charge is 0.423 e. The lowest BCUT2D eigenvalue weighted by molar-refractivity contribution is -0.139. The van der Waals surface area contributed by atoms with Crippen LogP contribution in [0, 0.1) is 0 Å². The number of methoxy groups -OCH3 is 1. The van der Waals surface area contributed by atoms with Gasteiger partial charge in [0.25, 0.3) is 11.5 Å². The number of aromatic nitrogens is 3. The molecule has 11 nitrogen and oxygen atoms in total. The maximum atomic E-state index is 14.1. The maximum Gasteiger partial charge on any atom is 0.423 e. The molecule has 0 bridgehead atoms. The highest BCUT2D eigenvalue weighted by molar-refractivity contribution is 5.94. The van der Waals surface area contributed by atoms with Crippen molar-refractivity contribution in [1.82, 2.24) is 19.7 Å². The van der Waals surface area contributed by atoms with Crippen molar-refractivity contribution in [3.05, 3.63) is 99.6 Å². The van der Waals surface area contributed by atoms with Crippen molar-refractivity contribution in [1.29, 1.82) is 0 Å². The third kappa shape index (κ3) is 7.81. The van der Waals surface area contributed by atoms with Gasteiger partial charge in [0.15, 0.2) is 11.6 Å². The quantitative estimate of drug-likeness (QED) is 0.230. The first-order valence-electron chi connectivity index (χ1n) is 15.8. The monoisotopic (exact) mass is 718 g/mol. The zero-order valence-corrected chi connectivity index (χ0v) is 27.3. The molecule has 0 aliphatic carbocycles. The molecule has 270 valence electrons. The molecule has 1 fully saturated rings. The van der Waals surface area contributed by atoms with Crippen molar-refractivity contribution in [2.75, 3.05) is 50.2 Å². The summed E-state index contributed by atoms with van der Waals surface area (Å²) in [5.41, 5.74) is -3.24. The second-order valence-electron chi connectivity index (χ2n) is 12.1. The van der Waals surface area contributed by atoms with Crippen molar-refractivity contribution in [3.8, 4) is 17.2 Å². The molecule has 0 unspecified atom stereocenters. The fourth-order valence-corrected chi connectivity index (χ4v) is 5.88. The van der Waals surface area contributed by atoms with E-state index in [1.54, 1.807) is 54.3 Å². The van der Waals surface area contributed by atoms with Crippen LogP contribution < -0.4 is 30.0 Å². The van der Waals surface area contributed by atoms with Gasteiger partial charge in [-0.25, -0.2) is 9.67 Å². The topological polar surface area (TPSA) is 111 Å². The zero-order valence-electron chi connectivity index (χ0n) is 27.3. The van der Waals surface area contributed by atoms with Gasteiger partial charge in [-0.2, -0.15) is 31.4 Å². The molecular weight excluding hydrogens is 686 g/mol. The number of alkyl halides is 6. The number of ether oxygens (including phenoxy) is 3. The predicted molar refractivity (Wildman–Crippen MR) is 172 cm³/mol. The Morgan fingerprint density at radius 3 is 2.49 bits per heavy atom. The van der Waals surface area contributed by atoms with Crippen LogP contribution in [0.5, 0.6) is 17.2 Å². The van der Waals surface area contributed by atoms with Gasteiger partial charge in [-0.05, 0) is 48.9 Å². The van der Waals surface area contributed by atoms with E-state index in [-0.39, 0.29) is 62.1 Å². The lowest BCUT2D eigenvalue weighted by Gasteiger charge is -2.44. The number of piperazine rings is 1. The Morgan fingerprint density at radius 1 is 1.02 bits per heavy atom. The van der Waals surface area contributed by atoms with Crippen molar-refractivity contribution in [3.63, 3.8) is 0 Å². The number of halogens is 6. The SMILES string of the molecule is COc1ccc(Cn2ncc(N[C@@H](C)COc3cccc(C(=O)N4CCN5c6ncc(C(F)(F)F)cc6OC[C@@H]5C4)c3)c(C(F)(F)F)c2=O)cc1. The predicted octanol–water partition coefficient (Wildman–Crippen LogP) is 5.34. The molecule has 2 atom stereocenters. The molecule has 1 N–H and O–H groups in total. The van der Waals surface area contributed by atoms with Gasteiger partial charge in [0, 0.05) is 31.4 Å². The summed E-state index contributed by atoms with van der Waals surface area (Å²) in [5, 5.41) is 6.64. The van der Waals surface area contributed by atoms with E-state index in [2.05, 4.69) is 15.4 Å². The number of carbonyl (C=O) groups is 1. The molecule has 2 aliphatic rings. The van der Waals surface area contributed by atoms with Crippen molar-refractivity contribution < 1.29 is 45.3 Å². The second-order valence-corrected chi connectivity index (χ2v) is 12.1. The molecule has 0 spiro atoms. The van der Waals surface area contributed by atoms with E-state index < -0.39 is 40.8 Å². The van der Waals surface area contributed by atoms with E-state index in [0.717, 1.165) is 23.1 Å². The third-order valence-electron chi connectivity index (χ3n) is 8.44. The number of pyridine rings is 1. The third-order valence-corrected chi connectivity index (χ3v) is 8.44. The number of hydrogen-bond donors (Lipinski definition) is 1. The van der Waals surface area contributed by atoms with Gasteiger partial charge >= 0.3 is 12.4 Å². The van der Waals surface area contributed by atoms with Crippen LogP contribution in [0.25, 0.3) is 0 Å². The minimum atomic E-state index is -4.97. The van der Waals surface area contributed by atoms with E-state index in [1.807, 2.05) is 4.90 Å². The van der Waals surface area contributed by atoms with E-state index in [0.29, 0.717) is 23.4 Å². The Labute approximate surface area is 287 Å². The fraction of sp³-hybridized carbons (Fsp3) is 0.353. The van der Waals surface area contributed by atoms with Crippen LogP contribution in [0.3, 0.4) is 0 Å². The minimum absolute atomic E-state index is 0.0365. The highest BCUT2D eigenvalue weighted by atomic mass is 19.4. The summed E-state index contributed by atoms with van der Waals surface area (Å²) in [6, 6.07) is 12.7. The normalized spacial score (nSPS) is 16.4. The zero-order chi connectivity index (χ0) is 36.5. The van der Waals surface area contributed by atoms with E-state index >= 15 is 0 Å². The molecule has 17 heteroatoms. The van der Waals surface area contributed by atoms with Crippen LogP contribution in [0.4, 0.5) is 37.8 Å². The molecule has 4 heterocycles. The molecule has 2 aliphatic heterocycles. The molecule has 2 aromatic heterocycles. The lowest BCUT2D eigenvalue weighted by atomic mass is 10.1. The maximum absolute atomic E-state index is 14.1. The van der Waals surface area contributed by atoms with Gasteiger partial charge in [-0.1, -0.05) is 18.2 Å². The number of anilines is 2. The average Bonchev–Trinajstić information content (AvgIpc) is 3.10. The molecule has 6 rings (SSSR count). The number of hydrogen-bond acceptors (Lipinski definition) is 9. The van der Waals surface area contributed by atoms with Gasteiger partial charge in [0.1, 0.15) is 30.3 Å².